The molecule has 1 aromatic carbocycles. The van der Waals surface area contributed by atoms with E-state index in [4.69, 9.17) is 0 Å². The van der Waals surface area contributed by atoms with E-state index in [0.717, 1.165) is 6.07 Å². The molecular formula is C14H14F3NO. The number of carbonyl (C=O) groups is 1. The zero-order valence-corrected chi connectivity index (χ0v) is 10.7. The number of aromatic nitrogens is 1. The molecule has 1 heterocycles. The third kappa shape index (κ3) is 2.37. The second kappa shape index (κ2) is 4.72. The Morgan fingerprint density at radius 1 is 1.32 bits per heavy atom. The van der Waals surface area contributed by atoms with Gasteiger partial charge >= 0.3 is 6.18 Å². The lowest BCUT2D eigenvalue weighted by atomic mass is 10.0. The smallest absolute Gasteiger partial charge is 0.345 e. The van der Waals surface area contributed by atoms with E-state index in [1.165, 1.54) is 6.07 Å². The summed E-state index contributed by atoms with van der Waals surface area (Å²) in [4.78, 5) is 10.7. The fraction of sp³-hybridized carbons (Fsp3) is 0.357. The highest BCUT2D eigenvalue weighted by Gasteiger charge is 2.34. The minimum atomic E-state index is -4.42. The molecule has 0 radical (unpaired) electrons. The molecule has 2 nitrogen and oxygen atoms in total. The number of carbonyl (C=O) groups excluding carboxylic acids is 1. The quantitative estimate of drug-likeness (QED) is 0.772. The van der Waals surface area contributed by atoms with Crippen molar-refractivity contribution in [1.82, 2.24) is 4.57 Å². The molecule has 0 unspecified atom stereocenters. The van der Waals surface area contributed by atoms with Gasteiger partial charge in [-0.2, -0.15) is 13.2 Å². The van der Waals surface area contributed by atoms with Gasteiger partial charge in [-0.3, -0.25) is 0 Å². The number of rotatable bonds is 3. The van der Waals surface area contributed by atoms with E-state index in [-0.39, 0.29) is 17.8 Å². The lowest BCUT2D eigenvalue weighted by Crippen LogP contribution is -2.06. The van der Waals surface area contributed by atoms with Crippen LogP contribution in [-0.2, 0) is 17.4 Å². The Labute approximate surface area is 108 Å². The van der Waals surface area contributed by atoms with Gasteiger partial charge in [-0.15, -0.1) is 0 Å². The highest BCUT2D eigenvalue weighted by atomic mass is 19.4. The van der Waals surface area contributed by atoms with Crippen molar-refractivity contribution in [2.24, 2.45) is 0 Å². The van der Waals surface area contributed by atoms with E-state index in [1.807, 2.05) is 13.8 Å². The van der Waals surface area contributed by atoms with Crippen LogP contribution in [0.2, 0.25) is 0 Å². The van der Waals surface area contributed by atoms with Gasteiger partial charge in [0.2, 0.25) is 0 Å². The van der Waals surface area contributed by atoms with Crippen molar-refractivity contribution in [3.05, 3.63) is 35.5 Å². The standard InChI is InChI=1S/C14H14F3NO/c1-9(2)18-8-10(6-7-19)13-11(14(15,16)17)4-3-5-12(13)18/h3-5,7-9H,6H2,1-2H3. The fourth-order valence-corrected chi connectivity index (χ4v) is 2.30. The predicted molar refractivity (Wildman–Crippen MR) is 67.1 cm³/mol. The first kappa shape index (κ1) is 13.6. The van der Waals surface area contributed by atoms with Crippen molar-refractivity contribution in [1.29, 1.82) is 0 Å². The minimum Gasteiger partial charge on any atom is -0.345 e. The Morgan fingerprint density at radius 3 is 2.53 bits per heavy atom. The summed E-state index contributed by atoms with van der Waals surface area (Å²) in [6.45, 7) is 3.79. The van der Waals surface area contributed by atoms with Crippen LogP contribution in [0.1, 0.15) is 31.0 Å². The molecule has 5 heteroatoms. The topological polar surface area (TPSA) is 22.0 Å². The molecule has 0 atom stereocenters. The molecule has 0 saturated heterocycles. The average molecular weight is 269 g/mol. The minimum absolute atomic E-state index is 0.0106. The van der Waals surface area contributed by atoms with Crippen LogP contribution in [0, 0.1) is 0 Å². The zero-order chi connectivity index (χ0) is 14.2. The largest absolute Gasteiger partial charge is 0.417 e. The molecule has 1 aromatic heterocycles. The highest BCUT2D eigenvalue weighted by Crippen LogP contribution is 2.37. The van der Waals surface area contributed by atoms with Gasteiger partial charge in [-0.05, 0) is 31.5 Å². The first-order chi connectivity index (χ1) is 8.86. The molecule has 102 valence electrons. The zero-order valence-electron chi connectivity index (χ0n) is 10.7. The van der Waals surface area contributed by atoms with E-state index in [1.54, 1.807) is 16.8 Å². The van der Waals surface area contributed by atoms with Gasteiger partial charge in [0.15, 0.2) is 0 Å². The van der Waals surface area contributed by atoms with E-state index < -0.39 is 11.7 Å². The molecule has 2 rings (SSSR count). The second-order valence-electron chi connectivity index (χ2n) is 4.72. The van der Waals surface area contributed by atoms with Crippen molar-refractivity contribution in [3.63, 3.8) is 0 Å². The predicted octanol–water partition coefficient (Wildman–Crippen LogP) is 3.98. The molecule has 0 aliphatic carbocycles. The molecule has 0 amide bonds. The summed E-state index contributed by atoms with van der Waals surface area (Å²) >= 11 is 0. The number of alkyl halides is 3. The van der Waals surface area contributed by atoms with E-state index in [0.29, 0.717) is 17.4 Å². The lowest BCUT2D eigenvalue weighted by Gasteiger charge is -2.11. The van der Waals surface area contributed by atoms with Crippen LogP contribution in [0.25, 0.3) is 10.9 Å². The number of fused-ring (bicyclic) bond motifs is 1. The molecule has 19 heavy (non-hydrogen) atoms. The van der Waals surface area contributed by atoms with Crippen molar-refractivity contribution >= 4 is 17.2 Å². The molecule has 0 N–H and O–H groups in total. The van der Waals surface area contributed by atoms with Crippen LogP contribution in [0.4, 0.5) is 13.2 Å². The molecule has 0 fully saturated rings. The van der Waals surface area contributed by atoms with Gasteiger partial charge in [0.05, 0.1) is 5.56 Å². The Kier molecular flexibility index (Phi) is 3.39. The van der Waals surface area contributed by atoms with Crippen molar-refractivity contribution in [2.45, 2.75) is 32.5 Å². The molecule has 0 aliphatic rings. The summed E-state index contributed by atoms with van der Waals surface area (Å²) in [7, 11) is 0. The maximum absolute atomic E-state index is 13.1. The monoisotopic (exact) mass is 269 g/mol. The summed E-state index contributed by atoms with van der Waals surface area (Å²) in [5, 5.41) is 0.135. The summed E-state index contributed by atoms with van der Waals surface area (Å²) in [5.74, 6) is 0. The molecule has 0 aliphatic heterocycles. The van der Waals surface area contributed by atoms with Gasteiger partial charge in [0, 0.05) is 29.6 Å². The van der Waals surface area contributed by atoms with Gasteiger partial charge < -0.3 is 9.36 Å². The fourth-order valence-electron chi connectivity index (χ4n) is 2.30. The van der Waals surface area contributed by atoms with Crippen LogP contribution < -0.4 is 0 Å². The third-order valence-electron chi connectivity index (χ3n) is 3.10. The lowest BCUT2D eigenvalue weighted by molar-refractivity contribution is -0.136. The average Bonchev–Trinajstić information content (AvgIpc) is 2.67. The SMILES string of the molecule is CC(C)n1cc(CC=O)c2c(C(F)(F)F)cccc21. The number of benzene rings is 1. The molecule has 0 saturated carbocycles. The third-order valence-corrected chi connectivity index (χ3v) is 3.10. The number of halogens is 3. The molecule has 0 spiro atoms. The molecule has 2 aromatic rings. The Hall–Kier alpha value is -1.78. The van der Waals surface area contributed by atoms with E-state index in [2.05, 4.69) is 0 Å². The summed E-state index contributed by atoms with van der Waals surface area (Å²) in [6, 6.07) is 4.14. The summed E-state index contributed by atoms with van der Waals surface area (Å²) in [5.41, 5.74) is 0.259. The molecule has 0 bridgehead atoms. The van der Waals surface area contributed by atoms with Gasteiger partial charge in [0.25, 0.3) is 0 Å². The van der Waals surface area contributed by atoms with Crippen LogP contribution in [0.15, 0.2) is 24.4 Å². The summed E-state index contributed by atoms with van der Waals surface area (Å²) in [6.07, 6.45) is -2.16. The van der Waals surface area contributed by atoms with Gasteiger partial charge in [-0.25, -0.2) is 0 Å². The first-order valence-corrected chi connectivity index (χ1v) is 5.99. The number of aldehydes is 1. The number of nitrogens with zero attached hydrogens (tertiary/aromatic N) is 1. The maximum atomic E-state index is 13.1. The van der Waals surface area contributed by atoms with Crippen LogP contribution >= 0.6 is 0 Å². The number of hydrogen-bond acceptors (Lipinski definition) is 1. The van der Waals surface area contributed by atoms with E-state index in [9.17, 15) is 18.0 Å². The van der Waals surface area contributed by atoms with Crippen molar-refractivity contribution in [3.8, 4) is 0 Å². The Bertz CT molecular complexity index is 611. The Balaban J connectivity index is 2.82. The number of hydrogen-bond donors (Lipinski definition) is 0. The van der Waals surface area contributed by atoms with Crippen molar-refractivity contribution in [2.75, 3.05) is 0 Å². The first-order valence-electron chi connectivity index (χ1n) is 5.99. The van der Waals surface area contributed by atoms with Crippen LogP contribution in [0.3, 0.4) is 0 Å². The van der Waals surface area contributed by atoms with Crippen LogP contribution in [0.5, 0.6) is 0 Å². The van der Waals surface area contributed by atoms with Gasteiger partial charge in [-0.1, -0.05) is 6.07 Å². The molecular weight excluding hydrogens is 255 g/mol. The maximum Gasteiger partial charge on any atom is 0.417 e. The van der Waals surface area contributed by atoms with Gasteiger partial charge in [0.1, 0.15) is 6.29 Å². The van der Waals surface area contributed by atoms with Crippen LogP contribution in [-0.4, -0.2) is 10.9 Å². The Morgan fingerprint density at radius 2 is 2.00 bits per heavy atom. The van der Waals surface area contributed by atoms with Crippen molar-refractivity contribution < 1.29 is 18.0 Å². The normalized spacial score (nSPS) is 12.3. The highest BCUT2D eigenvalue weighted by molar-refractivity contribution is 5.89. The summed E-state index contributed by atoms with van der Waals surface area (Å²) < 4.78 is 40.9. The van der Waals surface area contributed by atoms with E-state index >= 15 is 0 Å². The second-order valence-corrected chi connectivity index (χ2v) is 4.72.